The van der Waals surface area contributed by atoms with Crippen LogP contribution in [-0.4, -0.2) is 10.7 Å². The number of aryl methyl sites for hydroxylation is 1. The van der Waals surface area contributed by atoms with Gasteiger partial charge in [-0.15, -0.1) is 0 Å². The van der Waals surface area contributed by atoms with E-state index in [1.165, 1.54) is 11.1 Å². The lowest BCUT2D eigenvalue weighted by Gasteiger charge is -2.24. The molecule has 1 unspecified atom stereocenters. The van der Waals surface area contributed by atoms with E-state index in [1.54, 1.807) is 6.20 Å². The van der Waals surface area contributed by atoms with Crippen LogP contribution in [0.5, 0.6) is 0 Å². The Morgan fingerprint density at radius 2 is 1.69 bits per heavy atom. The van der Waals surface area contributed by atoms with E-state index in [0.29, 0.717) is 5.02 Å². The molecule has 1 N–H and O–H groups in total. The smallest absolute Gasteiger partial charge is 0.0831 e. The van der Waals surface area contributed by atoms with Gasteiger partial charge in [-0.2, -0.15) is 5.10 Å². The molecule has 1 atom stereocenters. The van der Waals surface area contributed by atoms with Crippen molar-refractivity contribution >= 4 is 45.3 Å². The molecule has 1 aromatic heterocycles. The lowest BCUT2D eigenvalue weighted by Crippen LogP contribution is -2.18. The molecule has 1 aliphatic rings. The summed E-state index contributed by atoms with van der Waals surface area (Å²) >= 11 is 6.17. The molecule has 0 saturated heterocycles. The van der Waals surface area contributed by atoms with Crippen molar-refractivity contribution in [1.82, 2.24) is 4.98 Å². The largest absolute Gasteiger partial charge is 0.355 e. The van der Waals surface area contributed by atoms with E-state index < -0.39 is 0 Å². The van der Waals surface area contributed by atoms with E-state index in [0.717, 1.165) is 45.7 Å². The van der Waals surface area contributed by atoms with Gasteiger partial charge in [-0.05, 0) is 66.6 Å². The summed E-state index contributed by atoms with van der Waals surface area (Å²) in [6.07, 6.45) is 2.63. The molecule has 0 fully saturated rings. The summed E-state index contributed by atoms with van der Waals surface area (Å²) in [6.45, 7) is 2.12. The Kier molecular flexibility index (Phi) is 5.88. The maximum atomic E-state index is 6.17. The Labute approximate surface area is 215 Å². The van der Waals surface area contributed by atoms with Crippen LogP contribution in [0.25, 0.3) is 10.9 Å². The van der Waals surface area contributed by atoms with Gasteiger partial charge in [0.1, 0.15) is 0 Å². The fourth-order valence-electron chi connectivity index (χ4n) is 4.71. The molecular weight excluding hydrogens is 464 g/mol. The Bertz CT molecular complexity index is 1560. The van der Waals surface area contributed by atoms with Crippen LogP contribution in [0.15, 0.2) is 114 Å². The molecule has 5 aromatic rings. The molecule has 6 rings (SSSR count). The molecular formula is C31H25ClN4. The number of aromatic nitrogens is 1. The topological polar surface area (TPSA) is 40.5 Å². The fourth-order valence-corrected chi connectivity index (χ4v) is 4.88. The van der Waals surface area contributed by atoms with Crippen molar-refractivity contribution in [3.63, 3.8) is 0 Å². The number of nitrogens with zero attached hydrogens (tertiary/aromatic N) is 3. The average molecular weight is 489 g/mol. The minimum absolute atomic E-state index is 0.147. The van der Waals surface area contributed by atoms with Gasteiger partial charge >= 0.3 is 0 Å². The van der Waals surface area contributed by atoms with Gasteiger partial charge in [0.15, 0.2) is 0 Å². The Hall–Kier alpha value is -4.15. The highest BCUT2D eigenvalue weighted by molar-refractivity contribution is 6.31. The third-order valence-corrected chi connectivity index (χ3v) is 6.81. The predicted molar refractivity (Wildman–Crippen MR) is 150 cm³/mol. The first-order valence-corrected chi connectivity index (χ1v) is 12.4. The molecule has 2 heterocycles. The van der Waals surface area contributed by atoms with Crippen LogP contribution in [0.1, 0.15) is 29.2 Å². The quantitative estimate of drug-likeness (QED) is 0.270. The third kappa shape index (κ3) is 4.43. The van der Waals surface area contributed by atoms with Crippen LogP contribution in [0, 0.1) is 6.92 Å². The van der Waals surface area contributed by atoms with E-state index in [1.807, 2.05) is 30.3 Å². The Morgan fingerprint density at radius 1 is 0.861 bits per heavy atom. The molecule has 0 saturated carbocycles. The monoisotopic (exact) mass is 488 g/mol. The maximum Gasteiger partial charge on any atom is 0.0831 e. The van der Waals surface area contributed by atoms with Gasteiger partial charge in [0, 0.05) is 34.4 Å². The normalized spacial score (nSPS) is 15.2. The number of fused-ring (bicyclic) bond motifs is 1. The van der Waals surface area contributed by atoms with Gasteiger partial charge in [-0.25, -0.2) is 0 Å². The summed E-state index contributed by atoms with van der Waals surface area (Å²) in [5.74, 6) is 0. The molecule has 0 aliphatic carbocycles. The zero-order valence-corrected chi connectivity index (χ0v) is 20.7. The number of halogens is 1. The molecule has 0 radical (unpaired) electrons. The van der Waals surface area contributed by atoms with Crippen molar-refractivity contribution in [3.05, 3.63) is 131 Å². The first-order chi connectivity index (χ1) is 17.6. The Morgan fingerprint density at radius 3 is 2.53 bits per heavy atom. The second kappa shape index (κ2) is 9.48. The molecule has 0 spiro atoms. The maximum absolute atomic E-state index is 6.17. The predicted octanol–water partition coefficient (Wildman–Crippen LogP) is 8.30. The number of nitrogens with one attached hydrogen (secondary N) is 1. The molecule has 0 bridgehead atoms. The lowest BCUT2D eigenvalue weighted by atomic mass is 9.97. The highest BCUT2D eigenvalue weighted by atomic mass is 35.5. The van der Waals surface area contributed by atoms with E-state index >= 15 is 0 Å². The summed E-state index contributed by atoms with van der Waals surface area (Å²) in [5, 5.41) is 12.5. The summed E-state index contributed by atoms with van der Waals surface area (Å²) in [5.41, 5.74) is 8.65. The summed E-state index contributed by atoms with van der Waals surface area (Å²) in [7, 11) is 0. The number of hydrogen-bond acceptors (Lipinski definition) is 4. The molecule has 1 aliphatic heterocycles. The van der Waals surface area contributed by atoms with E-state index in [4.69, 9.17) is 16.7 Å². The van der Waals surface area contributed by atoms with Crippen LogP contribution >= 0.6 is 11.6 Å². The number of rotatable bonds is 5. The van der Waals surface area contributed by atoms with E-state index in [2.05, 4.69) is 95.0 Å². The van der Waals surface area contributed by atoms with Crippen molar-refractivity contribution in [2.24, 2.45) is 5.10 Å². The summed E-state index contributed by atoms with van der Waals surface area (Å²) in [6, 6.07) is 35.5. The van der Waals surface area contributed by atoms with Gasteiger partial charge in [-0.3, -0.25) is 9.99 Å². The van der Waals surface area contributed by atoms with Crippen molar-refractivity contribution in [2.75, 3.05) is 10.3 Å². The van der Waals surface area contributed by atoms with Crippen LogP contribution < -0.4 is 10.3 Å². The molecule has 5 heteroatoms. The number of hydrazone groups is 1. The number of anilines is 3. The minimum atomic E-state index is 0.147. The van der Waals surface area contributed by atoms with Crippen LogP contribution in [0.3, 0.4) is 0 Å². The van der Waals surface area contributed by atoms with E-state index in [9.17, 15) is 0 Å². The van der Waals surface area contributed by atoms with Crippen molar-refractivity contribution in [1.29, 1.82) is 0 Å². The van der Waals surface area contributed by atoms with Crippen molar-refractivity contribution in [2.45, 2.75) is 19.4 Å². The van der Waals surface area contributed by atoms with Crippen LogP contribution in [0.4, 0.5) is 17.1 Å². The van der Waals surface area contributed by atoms with Crippen LogP contribution in [-0.2, 0) is 0 Å². The molecule has 4 aromatic carbocycles. The van der Waals surface area contributed by atoms with Gasteiger partial charge in [0.25, 0.3) is 0 Å². The lowest BCUT2D eigenvalue weighted by molar-refractivity contribution is 0.709. The zero-order chi connectivity index (χ0) is 24.5. The zero-order valence-electron chi connectivity index (χ0n) is 19.9. The second-order valence-electron chi connectivity index (χ2n) is 9.08. The number of para-hydroxylation sites is 1. The Balaban J connectivity index is 1.33. The van der Waals surface area contributed by atoms with Crippen molar-refractivity contribution in [3.8, 4) is 0 Å². The van der Waals surface area contributed by atoms with Crippen molar-refractivity contribution < 1.29 is 0 Å². The van der Waals surface area contributed by atoms with Gasteiger partial charge in [0.05, 0.1) is 23.0 Å². The van der Waals surface area contributed by atoms with Gasteiger partial charge in [0.2, 0.25) is 0 Å². The van der Waals surface area contributed by atoms with Gasteiger partial charge in [-0.1, -0.05) is 71.8 Å². The highest BCUT2D eigenvalue weighted by Crippen LogP contribution is 2.37. The number of pyridine rings is 1. The minimum Gasteiger partial charge on any atom is -0.355 e. The third-order valence-electron chi connectivity index (χ3n) is 6.57. The molecule has 176 valence electrons. The standard InChI is InChI=1S/C31H25ClN4/c1-21-10-12-22(13-11-21)31-20-29(35-36(31)26-8-3-2-4-9-26)23-6-5-7-25(18-23)34-28-16-17-33-30-19-24(32)14-15-27(28)30/h2-19,31H,20H2,1H3,(H,33,34). The SMILES string of the molecule is Cc1ccc(C2CC(c3cccc(Nc4ccnc5cc(Cl)ccc45)c3)=NN2c2ccccc2)cc1. The summed E-state index contributed by atoms with van der Waals surface area (Å²) in [4.78, 5) is 4.46. The second-order valence-corrected chi connectivity index (χ2v) is 9.52. The first-order valence-electron chi connectivity index (χ1n) is 12.0. The van der Waals surface area contributed by atoms with Gasteiger partial charge < -0.3 is 5.32 Å². The van der Waals surface area contributed by atoms with E-state index in [-0.39, 0.29) is 6.04 Å². The molecule has 36 heavy (non-hydrogen) atoms. The fraction of sp³-hybridized carbons (Fsp3) is 0.0968. The highest BCUT2D eigenvalue weighted by Gasteiger charge is 2.29. The van der Waals surface area contributed by atoms with Crippen LogP contribution in [0.2, 0.25) is 5.02 Å². The average Bonchev–Trinajstić information content (AvgIpc) is 3.35. The molecule has 0 amide bonds. The first kappa shape index (κ1) is 22.3. The molecule has 4 nitrogen and oxygen atoms in total. The number of hydrogen-bond donors (Lipinski definition) is 1. The summed E-state index contributed by atoms with van der Waals surface area (Å²) < 4.78 is 0. The number of benzene rings is 4.